The van der Waals surface area contributed by atoms with Gasteiger partial charge in [-0.1, -0.05) is 18.6 Å². The lowest BCUT2D eigenvalue weighted by molar-refractivity contribution is 0.0825. The molecule has 1 fully saturated rings. The van der Waals surface area contributed by atoms with Crippen LogP contribution in [0.5, 0.6) is 11.8 Å². The van der Waals surface area contributed by atoms with E-state index >= 15 is 0 Å². The fourth-order valence-corrected chi connectivity index (χ4v) is 3.91. The van der Waals surface area contributed by atoms with Crippen LogP contribution in [0.2, 0.25) is 0 Å². The maximum Gasteiger partial charge on any atom is 0.321 e. The molecule has 8 nitrogen and oxygen atoms in total. The minimum atomic E-state index is -0.0715. The van der Waals surface area contributed by atoms with Crippen LogP contribution in [0.4, 0.5) is 0 Å². The Hall–Kier alpha value is -3.39. The fraction of sp³-hybridized carbons (Fsp3) is 0.375. The van der Waals surface area contributed by atoms with Crippen LogP contribution >= 0.6 is 0 Å². The second kappa shape index (κ2) is 9.82. The first-order valence-electron chi connectivity index (χ1n) is 10.8. The molecule has 0 N–H and O–H groups in total. The average molecular weight is 433 g/mol. The molecule has 1 aliphatic rings. The SMILES string of the molecule is Cc1nc([C@@H]2CCCCN2Cc2ccc(Oc3ncccn3)cc2)ncc1C(=O)N(C)C. The molecule has 1 amide bonds. The summed E-state index contributed by atoms with van der Waals surface area (Å²) in [6, 6.07) is 10.2. The van der Waals surface area contributed by atoms with Crippen molar-refractivity contribution in [1.82, 2.24) is 29.7 Å². The molecule has 1 aromatic carbocycles. The number of nitrogens with zero attached hydrogens (tertiary/aromatic N) is 6. The summed E-state index contributed by atoms with van der Waals surface area (Å²) in [5.41, 5.74) is 2.47. The van der Waals surface area contributed by atoms with Gasteiger partial charge in [0.15, 0.2) is 0 Å². The van der Waals surface area contributed by atoms with Crippen LogP contribution in [0.1, 0.15) is 52.7 Å². The minimum Gasteiger partial charge on any atom is -0.424 e. The molecule has 0 radical (unpaired) electrons. The van der Waals surface area contributed by atoms with E-state index in [-0.39, 0.29) is 11.9 Å². The molecule has 0 saturated carbocycles. The molecular formula is C24H28N6O2. The number of hydrogen-bond donors (Lipinski definition) is 0. The molecule has 1 atom stereocenters. The third kappa shape index (κ3) is 5.08. The first-order valence-corrected chi connectivity index (χ1v) is 10.8. The highest BCUT2D eigenvalue weighted by molar-refractivity contribution is 5.94. The Bertz CT molecular complexity index is 1060. The standard InChI is InChI=1S/C24H28N6O2/c1-17-20(23(31)29(2)3)15-27-22(28-17)21-7-4-5-14-30(21)16-18-8-10-19(11-9-18)32-24-25-12-6-13-26-24/h6,8-13,15,21H,4-5,7,14,16H2,1-3H3/t21-/m0/s1. The largest absolute Gasteiger partial charge is 0.424 e. The number of likely N-dealkylation sites (tertiary alicyclic amines) is 1. The third-order valence-electron chi connectivity index (χ3n) is 5.61. The van der Waals surface area contributed by atoms with Gasteiger partial charge in [-0.05, 0) is 50.1 Å². The van der Waals surface area contributed by atoms with Gasteiger partial charge in [0.2, 0.25) is 0 Å². The summed E-state index contributed by atoms with van der Waals surface area (Å²) in [6.45, 7) is 3.67. The molecule has 32 heavy (non-hydrogen) atoms. The van der Waals surface area contributed by atoms with Gasteiger partial charge in [0, 0.05) is 39.2 Å². The summed E-state index contributed by atoms with van der Waals surface area (Å²) in [7, 11) is 3.48. The summed E-state index contributed by atoms with van der Waals surface area (Å²) in [6.07, 6.45) is 8.28. The first kappa shape index (κ1) is 21.8. The Morgan fingerprint density at radius 1 is 1.12 bits per heavy atom. The van der Waals surface area contributed by atoms with Crippen molar-refractivity contribution in [3.05, 3.63) is 71.6 Å². The maximum atomic E-state index is 12.3. The molecule has 0 bridgehead atoms. The van der Waals surface area contributed by atoms with Crippen molar-refractivity contribution in [2.45, 2.75) is 38.8 Å². The summed E-state index contributed by atoms with van der Waals surface area (Å²) >= 11 is 0. The van der Waals surface area contributed by atoms with E-state index in [1.165, 1.54) is 5.56 Å². The number of carbonyl (C=O) groups excluding carboxylic acids is 1. The van der Waals surface area contributed by atoms with E-state index in [2.05, 4.69) is 32.0 Å². The number of carbonyl (C=O) groups is 1. The Balaban J connectivity index is 1.47. The van der Waals surface area contributed by atoms with E-state index in [4.69, 9.17) is 9.72 Å². The van der Waals surface area contributed by atoms with Crippen molar-refractivity contribution in [2.75, 3.05) is 20.6 Å². The van der Waals surface area contributed by atoms with Gasteiger partial charge in [-0.2, -0.15) is 0 Å². The highest BCUT2D eigenvalue weighted by atomic mass is 16.5. The molecule has 0 spiro atoms. The number of amides is 1. The van der Waals surface area contributed by atoms with Crippen molar-refractivity contribution in [2.24, 2.45) is 0 Å². The molecule has 1 aliphatic heterocycles. The van der Waals surface area contributed by atoms with Crippen LogP contribution in [0.25, 0.3) is 0 Å². The number of aryl methyl sites for hydroxylation is 1. The quantitative estimate of drug-likeness (QED) is 0.586. The first-order chi connectivity index (χ1) is 15.5. The summed E-state index contributed by atoms with van der Waals surface area (Å²) in [4.78, 5) is 33.8. The van der Waals surface area contributed by atoms with Gasteiger partial charge in [-0.3, -0.25) is 9.69 Å². The molecule has 3 heterocycles. The lowest BCUT2D eigenvalue weighted by atomic mass is 10.00. The number of hydrogen-bond acceptors (Lipinski definition) is 7. The molecule has 0 aliphatic carbocycles. The Morgan fingerprint density at radius 3 is 2.56 bits per heavy atom. The molecular weight excluding hydrogens is 404 g/mol. The molecule has 8 heteroatoms. The van der Waals surface area contributed by atoms with Crippen LogP contribution in [0.15, 0.2) is 48.9 Å². The summed E-state index contributed by atoms with van der Waals surface area (Å²) in [5.74, 6) is 1.42. The van der Waals surface area contributed by atoms with E-state index in [1.54, 1.807) is 43.7 Å². The van der Waals surface area contributed by atoms with E-state index in [9.17, 15) is 4.79 Å². The van der Waals surface area contributed by atoms with Crippen LogP contribution in [-0.4, -0.2) is 56.3 Å². The van der Waals surface area contributed by atoms with Crippen molar-refractivity contribution in [3.63, 3.8) is 0 Å². The van der Waals surface area contributed by atoms with Gasteiger partial charge >= 0.3 is 6.01 Å². The third-order valence-corrected chi connectivity index (χ3v) is 5.61. The second-order valence-corrected chi connectivity index (χ2v) is 8.19. The lowest BCUT2D eigenvalue weighted by Gasteiger charge is -2.35. The Kier molecular flexibility index (Phi) is 6.70. The maximum absolute atomic E-state index is 12.3. The van der Waals surface area contributed by atoms with E-state index in [0.29, 0.717) is 17.3 Å². The molecule has 4 rings (SSSR count). The van der Waals surface area contributed by atoms with Gasteiger partial charge in [-0.15, -0.1) is 0 Å². The highest BCUT2D eigenvalue weighted by Crippen LogP contribution is 2.31. The highest BCUT2D eigenvalue weighted by Gasteiger charge is 2.27. The van der Waals surface area contributed by atoms with Crippen molar-refractivity contribution >= 4 is 5.91 Å². The Morgan fingerprint density at radius 2 is 1.88 bits per heavy atom. The molecule has 2 aromatic heterocycles. The molecule has 166 valence electrons. The number of piperidine rings is 1. The van der Waals surface area contributed by atoms with Gasteiger partial charge < -0.3 is 9.64 Å². The Labute approximate surface area is 188 Å². The van der Waals surface area contributed by atoms with Gasteiger partial charge in [-0.25, -0.2) is 19.9 Å². The van der Waals surface area contributed by atoms with Crippen molar-refractivity contribution in [3.8, 4) is 11.8 Å². The normalized spacial score (nSPS) is 16.5. The van der Waals surface area contributed by atoms with Crippen LogP contribution in [0, 0.1) is 6.92 Å². The van der Waals surface area contributed by atoms with Crippen molar-refractivity contribution in [1.29, 1.82) is 0 Å². The number of rotatable bonds is 6. The van der Waals surface area contributed by atoms with Gasteiger partial charge in [0.05, 0.1) is 17.3 Å². The number of ether oxygens (including phenoxy) is 1. The van der Waals surface area contributed by atoms with E-state index < -0.39 is 0 Å². The smallest absolute Gasteiger partial charge is 0.321 e. The van der Waals surface area contributed by atoms with E-state index in [1.807, 2.05) is 19.1 Å². The molecule has 3 aromatic rings. The molecule has 1 saturated heterocycles. The molecule has 0 unspecified atom stereocenters. The zero-order valence-electron chi connectivity index (χ0n) is 18.7. The number of aromatic nitrogens is 4. The van der Waals surface area contributed by atoms with Gasteiger partial charge in [0.1, 0.15) is 11.6 Å². The predicted octanol–water partition coefficient (Wildman–Crippen LogP) is 3.80. The zero-order valence-corrected chi connectivity index (χ0v) is 18.7. The zero-order chi connectivity index (χ0) is 22.5. The predicted molar refractivity (Wildman–Crippen MR) is 120 cm³/mol. The summed E-state index contributed by atoms with van der Waals surface area (Å²) < 4.78 is 5.69. The van der Waals surface area contributed by atoms with Crippen molar-refractivity contribution < 1.29 is 9.53 Å². The summed E-state index contributed by atoms with van der Waals surface area (Å²) in [5, 5.41) is 0. The van der Waals surface area contributed by atoms with Crippen LogP contribution in [-0.2, 0) is 6.54 Å². The lowest BCUT2D eigenvalue weighted by Crippen LogP contribution is -2.34. The van der Waals surface area contributed by atoms with Gasteiger partial charge in [0.25, 0.3) is 5.91 Å². The second-order valence-electron chi connectivity index (χ2n) is 8.19. The topological polar surface area (TPSA) is 84.3 Å². The monoisotopic (exact) mass is 432 g/mol. The minimum absolute atomic E-state index is 0.0715. The van der Waals surface area contributed by atoms with E-state index in [0.717, 1.165) is 43.9 Å². The van der Waals surface area contributed by atoms with Crippen LogP contribution in [0.3, 0.4) is 0 Å². The van der Waals surface area contributed by atoms with Crippen LogP contribution < -0.4 is 4.74 Å². The fourth-order valence-electron chi connectivity index (χ4n) is 3.91. The number of benzene rings is 1. The average Bonchev–Trinajstić information content (AvgIpc) is 2.81.